The molecule has 1 saturated heterocycles. The number of hydroxylamine groups is 2. The minimum Gasteiger partial charge on any atom is -0.467 e. The predicted molar refractivity (Wildman–Crippen MR) is 136 cm³/mol. The zero-order chi connectivity index (χ0) is 23.5. The maximum absolute atomic E-state index is 12.9. The number of halogens is 1. The van der Waals surface area contributed by atoms with Crippen LogP contribution in [0.1, 0.15) is 77.2 Å². The number of rotatable bonds is 8. The lowest BCUT2D eigenvalue weighted by molar-refractivity contribution is -0.222. The maximum Gasteiger partial charge on any atom is 0.340 e. The Hall–Kier alpha value is -1.17. The van der Waals surface area contributed by atoms with E-state index >= 15 is 0 Å². The summed E-state index contributed by atoms with van der Waals surface area (Å²) in [6, 6.07) is 10.8. The summed E-state index contributed by atoms with van der Waals surface area (Å²) in [4.78, 5) is 21.7. The number of hydrogen-bond donors (Lipinski definition) is 0. The Labute approximate surface area is 208 Å². The van der Waals surface area contributed by atoms with Crippen LogP contribution in [0.5, 0.6) is 0 Å². The predicted octanol–water partition coefficient (Wildman–Crippen LogP) is 6.83. The van der Waals surface area contributed by atoms with Crippen molar-refractivity contribution < 1.29 is 14.4 Å². The highest BCUT2D eigenvalue weighted by atomic mass is 79.9. The van der Waals surface area contributed by atoms with Crippen LogP contribution in [-0.2, 0) is 20.8 Å². The normalized spacial score (nSPS) is 35.6. The Morgan fingerprint density at radius 2 is 2.09 bits per heavy atom. The van der Waals surface area contributed by atoms with Crippen LogP contribution in [0.3, 0.4) is 0 Å². The molecule has 0 radical (unpaired) electrons. The van der Waals surface area contributed by atoms with Crippen molar-refractivity contribution in [3.05, 3.63) is 46.5 Å². The van der Waals surface area contributed by atoms with E-state index in [0.717, 1.165) is 32.2 Å². The Bertz CT molecular complexity index is 843. The summed E-state index contributed by atoms with van der Waals surface area (Å²) in [5.74, 6) is 1.14. The van der Waals surface area contributed by atoms with E-state index in [1.807, 2.05) is 0 Å². The number of carbonyl (C=O) groups excluding carboxylic acids is 1. The first kappa shape index (κ1) is 24.9. The minimum atomic E-state index is -0.836. The van der Waals surface area contributed by atoms with Gasteiger partial charge in [-0.15, -0.1) is 0 Å². The molecule has 0 N–H and O–H groups in total. The summed E-state index contributed by atoms with van der Waals surface area (Å²) in [5.41, 5.74) is 2.42. The molecular weight excluding hydrogens is 478 g/mol. The quantitative estimate of drug-likeness (QED) is 0.354. The minimum absolute atomic E-state index is 0.214. The van der Waals surface area contributed by atoms with Crippen molar-refractivity contribution in [1.82, 2.24) is 5.06 Å². The molecular formula is C28H40BrNO3. The van der Waals surface area contributed by atoms with Gasteiger partial charge in [-0.3, -0.25) is 4.84 Å². The van der Waals surface area contributed by atoms with E-state index in [4.69, 9.17) is 9.57 Å². The Morgan fingerprint density at radius 3 is 2.79 bits per heavy atom. The first-order valence-corrected chi connectivity index (χ1v) is 13.7. The molecule has 1 heterocycles. The van der Waals surface area contributed by atoms with Gasteiger partial charge in [0.15, 0.2) is 5.60 Å². The summed E-state index contributed by atoms with van der Waals surface area (Å²) in [6.45, 7) is 5.44. The third-order valence-corrected chi connectivity index (χ3v) is 9.39. The fourth-order valence-electron chi connectivity index (χ4n) is 7.08. The summed E-state index contributed by atoms with van der Waals surface area (Å²) in [7, 11) is 1.49. The molecule has 2 aliphatic carbocycles. The zero-order valence-corrected chi connectivity index (χ0v) is 22.1. The van der Waals surface area contributed by atoms with Gasteiger partial charge in [0.2, 0.25) is 0 Å². The van der Waals surface area contributed by atoms with Gasteiger partial charge in [0.1, 0.15) is 0 Å². The van der Waals surface area contributed by atoms with E-state index in [1.165, 1.54) is 44.8 Å². The van der Waals surface area contributed by atoms with Crippen LogP contribution in [0.2, 0.25) is 0 Å². The molecule has 5 atom stereocenters. The highest BCUT2D eigenvalue weighted by Gasteiger charge is 2.55. The molecule has 182 valence electrons. The largest absolute Gasteiger partial charge is 0.467 e. The molecule has 0 amide bonds. The number of esters is 1. The van der Waals surface area contributed by atoms with Crippen molar-refractivity contribution in [1.29, 1.82) is 0 Å². The van der Waals surface area contributed by atoms with Crippen LogP contribution in [-0.4, -0.2) is 36.3 Å². The topological polar surface area (TPSA) is 38.8 Å². The molecule has 0 aromatic heterocycles. The number of ether oxygens (including phenoxy) is 1. The van der Waals surface area contributed by atoms with Crippen molar-refractivity contribution in [3.8, 4) is 0 Å². The number of allylic oxidation sites excluding steroid dienone is 1. The second-order valence-electron chi connectivity index (χ2n) is 10.7. The number of fused-ring (bicyclic) bond motifs is 1. The zero-order valence-electron chi connectivity index (χ0n) is 20.5. The molecule has 4 rings (SSSR count). The Balaban J connectivity index is 1.54. The van der Waals surface area contributed by atoms with E-state index in [9.17, 15) is 4.79 Å². The van der Waals surface area contributed by atoms with Gasteiger partial charge in [-0.05, 0) is 79.2 Å². The summed E-state index contributed by atoms with van der Waals surface area (Å²) >= 11 is 3.65. The number of hydrogen-bond acceptors (Lipinski definition) is 4. The monoisotopic (exact) mass is 517 g/mol. The van der Waals surface area contributed by atoms with Crippen LogP contribution >= 0.6 is 15.9 Å². The van der Waals surface area contributed by atoms with Gasteiger partial charge in [-0.2, -0.15) is 5.06 Å². The van der Waals surface area contributed by atoms with E-state index in [2.05, 4.69) is 70.2 Å². The molecule has 3 fully saturated rings. The highest BCUT2D eigenvalue weighted by molar-refractivity contribution is 9.11. The molecule has 1 aromatic rings. The maximum atomic E-state index is 12.9. The number of carbonyl (C=O) groups is 1. The summed E-state index contributed by atoms with van der Waals surface area (Å²) < 4.78 is 5.25. The third kappa shape index (κ3) is 4.97. The van der Waals surface area contributed by atoms with Crippen LogP contribution in [0.25, 0.3) is 0 Å². The molecule has 1 aromatic carbocycles. The molecule has 4 nitrogen and oxygen atoms in total. The van der Waals surface area contributed by atoms with Crippen LogP contribution in [0, 0.1) is 17.3 Å². The van der Waals surface area contributed by atoms with Crippen LogP contribution in [0.15, 0.2) is 40.9 Å². The number of benzene rings is 1. The van der Waals surface area contributed by atoms with E-state index in [1.54, 1.807) is 5.57 Å². The fourth-order valence-corrected chi connectivity index (χ4v) is 7.63. The first-order valence-electron chi connectivity index (χ1n) is 12.8. The SMILES string of the molecule is CCCC1(C(=O)OC)CC(CC2CC[C@H]3/C(=C/Br)CCC[C@]23C)N(CCc2ccccc2)O1. The lowest BCUT2D eigenvalue weighted by Gasteiger charge is -2.43. The smallest absolute Gasteiger partial charge is 0.340 e. The van der Waals surface area contributed by atoms with Gasteiger partial charge in [-0.1, -0.05) is 72.1 Å². The van der Waals surface area contributed by atoms with Gasteiger partial charge in [0.25, 0.3) is 0 Å². The van der Waals surface area contributed by atoms with Crippen molar-refractivity contribution in [2.24, 2.45) is 17.3 Å². The number of nitrogens with zero attached hydrogens (tertiary/aromatic N) is 1. The first-order chi connectivity index (χ1) is 16.0. The van der Waals surface area contributed by atoms with E-state index in [-0.39, 0.29) is 12.0 Å². The van der Waals surface area contributed by atoms with Crippen molar-refractivity contribution >= 4 is 21.9 Å². The molecule has 2 saturated carbocycles. The van der Waals surface area contributed by atoms with Gasteiger partial charge >= 0.3 is 5.97 Å². The highest BCUT2D eigenvalue weighted by Crippen LogP contribution is 2.59. The van der Waals surface area contributed by atoms with Crippen molar-refractivity contribution in [3.63, 3.8) is 0 Å². The average Bonchev–Trinajstić information content (AvgIpc) is 3.36. The molecule has 0 spiro atoms. The third-order valence-electron chi connectivity index (χ3n) is 8.80. The molecule has 1 aliphatic heterocycles. The second kappa shape index (κ2) is 10.6. The lowest BCUT2D eigenvalue weighted by atomic mass is 9.62. The average molecular weight is 519 g/mol. The molecule has 3 unspecified atom stereocenters. The van der Waals surface area contributed by atoms with Gasteiger partial charge in [0.05, 0.1) is 7.11 Å². The summed E-state index contributed by atoms with van der Waals surface area (Å²) in [5, 5.41) is 2.15. The van der Waals surface area contributed by atoms with Gasteiger partial charge in [0, 0.05) is 19.0 Å². The van der Waals surface area contributed by atoms with E-state index < -0.39 is 5.60 Å². The van der Waals surface area contributed by atoms with Crippen LogP contribution < -0.4 is 0 Å². The summed E-state index contributed by atoms with van der Waals surface area (Å²) in [6.07, 6.45) is 10.7. The van der Waals surface area contributed by atoms with Crippen molar-refractivity contribution in [2.75, 3.05) is 13.7 Å². The molecule has 3 aliphatic rings. The van der Waals surface area contributed by atoms with Gasteiger partial charge < -0.3 is 4.74 Å². The Kier molecular flexibility index (Phi) is 8.02. The molecule has 33 heavy (non-hydrogen) atoms. The standard InChI is InChI=1S/C28H40BrNO3/c1-4-15-28(26(31)32-3)19-24(30(33-28)17-14-21-9-6-5-7-10-21)18-23-12-13-25-22(20-29)11-8-16-27(23,25)2/h5-7,9-10,20,23-25H,4,8,11-19H2,1-3H3/b22-20+/t23?,24?,25-,27+,28?/m0/s1. The molecule has 0 bridgehead atoms. The molecule has 5 heteroatoms. The fraction of sp³-hybridized carbons (Fsp3) is 0.679. The van der Waals surface area contributed by atoms with Crippen molar-refractivity contribution in [2.45, 2.75) is 89.7 Å². The van der Waals surface area contributed by atoms with E-state index in [0.29, 0.717) is 23.7 Å². The Morgan fingerprint density at radius 1 is 1.30 bits per heavy atom. The van der Waals surface area contributed by atoms with Gasteiger partial charge in [-0.25, -0.2) is 4.79 Å². The van der Waals surface area contributed by atoms with Crippen LogP contribution in [0.4, 0.5) is 0 Å². The number of methoxy groups -OCH3 is 1. The lowest BCUT2D eigenvalue weighted by Crippen LogP contribution is -2.40. The second-order valence-corrected chi connectivity index (χ2v) is 11.1.